The van der Waals surface area contributed by atoms with Gasteiger partial charge in [0.25, 0.3) is 0 Å². The topological polar surface area (TPSA) is 37.3 Å². The van der Waals surface area contributed by atoms with Crippen LogP contribution in [0.2, 0.25) is 0 Å². The Morgan fingerprint density at radius 3 is 2.84 bits per heavy atom. The molecule has 4 aliphatic rings. The first-order valence-corrected chi connectivity index (χ1v) is 10.3. The molecule has 0 bridgehead atoms. The second-order valence-corrected chi connectivity index (χ2v) is 9.00. The van der Waals surface area contributed by atoms with E-state index in [9.17, 15) is 9.90 Å². The zero-order chi connectivity index (χ0) is 17.6. The Hall–Kier alpha value is -1.15. The normalized spacial score (nSPS) is 37.5. The third-order valence-corrected chi connectivity index (χ3v) is 7.76. The minimum Gasteiger partial charge on any atom is -0.396 e. The average Bonchev–Trinajstić information content (AvgIpc) is 2.89. The molecule has 136 valence electrons. The zero-order valence-electron chi connectivity index (χ0n) is 15.7. The molecule has 2 fully saturated rings. The number of allylic oxidation sites excluding steroid dienone is 5. The van der Waals surface area contributed by atoms with Crippen molar-refractivity contribution in [1.82, 2.24) is 0 Å². The smallest absolute Gasteiger partial charge is 0.156 e. The number of aliphatic hydroxyl groups is 1. The lowest BCUT2D eigenvalue weighted by molar-refractivity contribution is -0.114. The van der Waals surface area contributed by atoms with Crippen molar-refractivity contribution in [2.75, 3.05) is 6.61 Å². The molecule has 0 aromatic carbocycles. The van der Waals surface area contributed by atoms with E-state index in [0.717, 1.165) is 31.6 Å². The monoisotopic (exact) mass is 340 g/mol. The van der Waals surface area contributed by atoms with E-state index in [2.05, 4.69) is 13.5 Å². The second kappa shape index (κ2) is 6.54. The van der Waals surface area contributed by atoms with Gasteiger partial charge in [0, 0.05) is 13.0 Å². The minimum atomic E-state index is 0.300. The molecule has 2 saturated carbocycles. The van der Waals surface area contributed by atoms with Gasteiger partial charge in [0.2, 0.25) is 0 Å². The highest BCUT2D eigenvalue weighted by atomic mass is 16.2. The summed E-state index contributed by atoms with van der Waals surface area (Å²) in [6.45, 7) is 7.23. The highest BCUT2D eigenvalue weighted by Crippen LogP contribution is 2.63. The van der Waals surface area contributed by atoms with Crippen LogP contribution in [0.5, 0.6) is 0 Å². The van der Waals surface area contributed by atoms with Gasteiger partial charge < -0.3 is 5.11 Å². The minimum absolute atomic E-state index is 0.300. The summed E-state index contributed by atoms with van der Waals surface area (Å²) in [6, 6.07) is 0. The van der Waals surface area contributed by atoms with Crippen LogP contribution in [0.3, 0.4) is 0 Å². The van der Waals surface area contributed by atoms with Crippen molar-refractivity contribution in [3.63, 3.8) is 0 Å². The molecular weight excluding hydrogens is 308 g/mol. The Balaban J connectivity index is 1.74. The summed E-state index contributed by atoms with van der Waals surface area (Å²) in [7, 11) is 0. The third kappa shape index (κ3) is 2.77. The number of carbonyl (C=O) groups is 1. The number of hydrogen-bond acceptors (Lipinski definition) is 2. The molecule has 2 nitrogen and oxygen atoms in total. The van der Waals surface area contributed by atoms with Crippen LogP contribution >= 0.6 is 0 Å². The fourth-order valence-electron chi connectivity index (χ4n) is 6.49. The molecule has 0 amide bonds. The van der Waals surface area contributed by atoms with E-state index in [1.54, 1.807) is 11.1 Å². The van der Waals surface area contributed by atoms with Gasteiger partial charge in [-0.2, -0.15) is 0 Å². The molecule has 0 aromatic heterocycles. The maximum absolute atomic E-state index is 11.9. The molecular formula is C23H32O2. The summed E-state index contributed by atoms with van der Waals surface area (Å²) in [5.74, 6) is 2.41. The number of carbonyl (C=O) groups excluding carboxylic acids is 1. The van der Waals surface area contributed by atoms with Crippen LogP contribution in [-0.2, 0) is 4.79 Å². The molecule has 0 heterocycles. The quantitative estimate of drug-likeness (QED) is 0.568. The van der Waals surface area contributed by atoms with Crippen LogP contribution < -0.4 is 0 Å². The Bertz CT molecular complexity index is 653. The molecule has 0 saturated heterocycles. The first-order chi connectivity index (χ1) is 12.0. The molecule has 4 rings (SSSR count). The van der Waals surface area contributed by atoms with Crippen LogP contribution in [0, 0.1) is 23.2 Å². The maximum Gasteiger partial charge on any atom is 0.156 e. The summed E-state index contributed by atoms with van der Waals surface area (Å²) in [4.78, 5) is 11.9. The molecule has 0 spiro atoms. The molecule has 4 aliphatic carbocycles. The van der Waals surface area contributed by atoms with Crippen molar-refractivity contribution < 1.29 is 9.90 Å². The highest BCUT2D eigenvalue weighted by Gasteiger charge is 2.53. The van der Waals surface area contributed by atoms with Gasteiger partial charge in [-0.25, -0.2) is 0 Å². The lowest BCUT2D eigenvalue weighted by Gasteiger charge is -2.51. The van der Waals surface area contributed by atoms with E-state index in [1.165, 1.54) is 43.3 Å². The van der Waals surface area contributed by atoms with Crippen molar-refractivity contribution in [3.8, 4) is 0 Å². The number of unbranched alkanes of at least 4 members (excludes halogenated alkanes) is 1. The first-order valence-electron chi connectivity index (χ1n) is 10.3. The molecule has 1 N–H and O–H groups in total. The summed E-state index contributed by atoms with van der Waals surface area (Å²) in [5, 5.41) is 9.21. The van der Waals surface area contributed by atoms with E-state index >= 15 is 0 Å². The highest BCUT2D eigenvalue weighted by molar-refractivity contribution is 5.93. The van der Waals surface area contributed by atoms with E-state index in [1.807, 2.05) is 6.08 Å². The molecule has 25 heavy (non-hydrogen) atoms. The number of fused-ring (bicyclic) bond motifs is 4. The fourth-order valence-corrected chi connectivity index (χ4v) is 6.49. The Morgan fingerprint density at radius 1 is 1.20 bits per heavy atom. The van der Waals surface area contributed by atoms with Crippen LogP contribution in [0.4, 0.5) is 0 Å². The predicted octanol–water partition coefficient (Wildman–Crippen LogP) is 5.14. The van der Waals surface area contributed by atoms with E-state index in [4.69, 9.17) is 0 Å². The Morgan fingerprint density at radius 2 is 2.04 bits per heavy atom. The van der Waals surface area contributed by atoms with Crippen molar-refractivity contribution >= 4 is 5.78 Å². The predicted molar refractivity (Wildman–Crippen MR) is 101 cm³/mol. The van der Waals surface area contributed by atoms with Gasteiger partial charge in [-0.15, -0.1) is 0 Å². The van der Waals surface area contributed by atoms with Crippen LogP contribution in [0.1, 0.15) is 71.1 Å². The van der Waals surface area contributed by atoms with Gasteiger partial charge in [0.1, 0.15) is 0 Å². The van der Waals surface area contributed by atoms with Crippen molar-refractivity contribution in [1.29, 1.82) is 0 Å². The SMILES string of the molecule is C=C1CC[C@H]2[C@@H]3CCC4=CC(=O)CCC4=C3[C@@H](CCCCO)C[C@]12C. The largest absolute Gasteiger partial charge is 0.396 e. The average molecular weight is 341 g/mol. The van der Waals surface area contributed by atoms with Crippen molar-refractivity contribution in [2.45, 2.75) is 71.1 Å². The molecule has 4 atom stereocenters. The Labute approximate surface area is 152 Å². The molecule has 0 aromatic rings. The third-order valence-electron chi connectivity index (χ3n) is 7.76. The van der Waals surface area contributed by atoms with Gasteiger partial charge in [-0.1, -0.05) is 31.1 Å². The number of aliphatic hydroxyl groups excluding tert-OH is 1. The summed E-state index contributed by atoms with van der Waals surface area (Å²) >= 11 is 0. The van der Waals surface area contributed by atoms with E-state index in [0.29, 0.717) is 36.1 Å². The van der Waals surface area contributed by atoms with E-state index < -0.39 is 0 Å². The second-order valence-electron chi connectivity index (χ2n) is 9.00. The molecule has 2 heteroatoms. The summed E-state index contributed by atoms with van der Waals surface area (Å²) in [5.41, 5.74) is 6.43. The number of rotatable bonds is 4. The van der Waals surface area contributed by atoms with Crippen molar-refractivity contribution in [3.05, 3.63) is 34.9 Å². The molecule has 0 unspecified atom stereocenters. The molecule has 0 aliphatic heterocycles. The Kier molecular flexibility index (Phi) is 4.52. The van der Waals surface area contributed by atoms with Gasteiger partial charge in [-0.05, 0) is 91.8 Å². The van der Waals surface area contributed by atoms with Crippen LogP contribution in [-0.4, -0.2) is 17.5 Å². The van der Waals surface area contributed by atoms with Gasteiger partial charge in [0.05, 0.1) is 0 Å². The van der Waals surface area contributed by atoms with Gasteiger partial charge in [-0.3, -0.25) is 4.79 Å². The lowest BCUT2D eigenvalue weighted by atomic mass is 9.53. The van der Waals surface area contributed by atoms with Crippen LogP contribution in [0.15, 0.2) is 34.9 Å². The number of ketones is 1. The van der Waals surface area contributed by atoms with Crippen LogP contribution in [0.25, 0.3) is 0 Å². The maximum atomic E-state index is 11.9. The summed E-state index contributed by atoms with van der Waals surface area (Å²) < 4.78 is 0. The van der Waals surface area contributed by atoms with Gasteiger partial charge in [0.15, 0.2) is 5.78 Å². The lowest BCUT2D eigenvalue weighted by Crippen LogP contribution is -2.42. The van der Waals surface area contributed by atoms with Crippen molar-refractivity contribution in [2.24, 2.45) is 23.2 Å². The number of hydrogen-bond donors (Lipinski definition) is 1. The fraction of sp³-hybridized carbons (Fsp3) is 0.696. The van der Waals surface area contributed by atoms with E-state index in [-0.39, 0.29) is 0 Å². The first kappa shape index (κ1) is 17.3. The van der Waals surface area contributed by atoms with Gasteiger partial charge >= 0.3 is 0 Å². The standard InChI is InChI=1S/C23H32O2/c1-15-6-11-21-20-9-7-16-13-18(25)8-10-19(16)22(20)17(5-3-4-12-24)14-23(15,21)2/h13,17,20-21,24H,1,3-12,14H2,2H3/t17-,20-,21-,23+/m0/s1. The molecule has 0 radical (unpaired) electrons. The summed E-state index contributed by atoms with van der Waals surface area (Å²) in [6.07, 6.45) is 12.9. The zero-order valence-corrected chi connectivity index (χ0v) is 15.7.